The number of nitrogens with one attached hydrogen (secondary N) is 1. The van der Waals surface area contributed by atoms with Crippen LogP contribution >= 0.6 is 0 Å². The number of aliphatic hydroxyl groups is 2. The van der Waals surface area contributed by atoms with Gasteiger partial charge in [0.25, 0.3) is 5.91 Å². The van der Waals surface area contributed by atoms with Gasteiger partial charge in [-0.25, -0.2) is 9.37 Å². The first kappa shape index (κ1) is 13.5. The van der Waals surface area contributed by atoms with Gasteiger partial charge in [0.1, 0.15) is 11.5 Å². The van der Waals surface area contributed by atoms with E-state index in [9.17, 15) is 9.18 Å². The zero-order valence-corrected chi connectivity index (χ0v) is 9.48. The molecule has 0 aliphatic carbocycles. The molecule has 0 spiro atoms. The third-order valence-electron chi connectivity index (χ3n) is 2.62. The van der Waals surface area contributed by atoms with Crippen LogP contribution in [0.1, 0.15) is 23.8 Å². The van der Waals surface area contributed by atoms with Crippen LogP contribution in [0.4, 0.5) is 4.39 Å². The Balaban J connectivity index is 2.81. The number of halogens is 1. The molecule has 0 aliphatic rings. The molecular weight excluding hydrogens is 227 g/mol. The highest BCUT2D eigenvalue weighted by molar-refractivity contribution is 5.92. The summed E-state index contributed by atoms with van der Waals surface area (Å²) in [5.41, 5.74) is -1.04. The highest BCUT2D eigenvalue weighted by Crippen LogP contribution is 2.09. The molecule has 0 unspecified atom stereocenters. The van der Waals surface area contributed by atoms with Gasteiger partial charge in [0, 0.05) is 0 Å². The van der Waals surface area contributed by atoms with Crippen molar-refractivity contribution in [2.24, 2.45) is 0 Å². The van der Waals surface area contributed by atoms with Gasteiger partial charge in [0.05, 0.1) is 24.9 Å². The number of nitrogens with zero attached hydrogens (tertiary/aromatic N) is 1. The Labute approximate surface area is 98.3 Å². The maximum atomic E-state index is 12.6. The maximum absolute atomic E-state index is 12.6. The van der Waals surface area contributed by atoms with Crippen molar-refractivity contribution in [1.29, 1.82) is 0 Å². The predicted octanol–water partition coefficient (Wildman–Crippen LogP) is 0.0839. The van der Waals surface area contributed by atoms with E-state index >= 15 is 0 Å². The van der Waals surface area contributed by atoms with Gasteiger partial charge in [-0.2, -0.15) is 0 Å². The molecule has 94 valence electrons. The molecule has 1 aromatic heterocycles. The van der Waals surface area contributed by atoms with E-state index in [1.54, 1.807) is 6.92 Å². The number of carbonyl (C=O) groups excluding carboxylic acids is 1. The van der Waals surface area contributed by atoms with Crippen LogP contribution in [-0.2, 0) is 0 Å². The van der Waals surface area contributed by atoms with Crippen LogP contribution in [-0.4, -0.2) is 39.9 Å². The lowest BCUT2D eigenvalue weighted by Gasteiger charge is -2.29. The summed E-state index contributed by atoms with van der Waals surface area (Å²) < 4.78 is 12.6. The summed E-state index contributed by atoms with van der Waals surface area (Å²) in [6, 6.07) is 2.35. The largest absolute Gasteiger partial charge is 0.394 e. The van der Waals surface area contributed by atoms with Crippen molar-refractivity contribution in [2.75, 3.05) is 13.2 Å². The molecule has 1 heterocycles. The van der Waals surface area contributed by atoms with Crippen molar-refractivity contribution in [1.82, 2.24) is 10.3 Å². The average Bonchev–Trinajstić information content (AvgIpc) is 2.37. The van der Waals surface area contributed by atoms with Crippen LogP contribution in [0, 0.1) is 5.82 Å². The van der Waals surface area contributed by atoms with Gasteiger partial charge in [-0.05, 0) is 18.6 Å². The number of pyridine rings is 1. The van der Waals surface area contributed by atoms with Gasteiger partial charge < -0.3 is 15.5 Å². The van der Waals surface area contributed by atoms with E-state index in [0.717, 1.165) is 12.3 Å². The number of hydrogen-bond donors (Lipinski definition) is 3. The van der Waals surface area contributed by atoms with Crippen molar-refractivity contribution in [3.05, 3.63) is 29.8 Å². The van der Waals surface area contributed by atoms with Gasteiger partial charge in [0.2, 0.25) is 0 Å². The number of carbonyl (C=O) groups is 1. The second kappa shape index (κ2) is 5.70. The van der Waals surface area contributed by atoms with E-state index in [0.29, 0.717) is 6.42 Å². The van der Waals surface area contributed by atoms with Gasteiger partial charge in [-0.1, -0.05) is 6.92 Å². The zero-order valence-electron chi connectivity index (χ0n) is 9.48. The summed E-state index contributed by atoms with van der Waals surface area (Å²) in [7, 11) is 0. The SMILES string of the molecule is CCC(CO)(CO)NC(=O)c1ccc(F)cn1. The summed E-state index contributed by atoms with van der Waals surface area (Å²) in [6.45, 7) is 0.963. The molecule has 0 aromatic carbocycles. The lowest BCUT2D eigenvalue weighted by Crippen LogP contribution is -2.53. The average molecular weight is 242 g/mol. The molecule has 0 bridgehead atoms. The smallest absolute Gasteiger partial charge is 0.270 e. The Morgan fingerprint density at radius 2 is 2.12 bits per heavy atom. The molecule has 1 amide bonds. The third kappa shape index (κ3) is 3.21. The molecule has 0 radical (unpaired) electrons. The topological polar surface area (TPSA) is 82.5 Å². The monoisotopic (exact) mass is 242 g/mol. The molecule has 17 heavy (non-hydrogen) atoms. The summed E-state index contributed by atoms with van der Waals surface area (Å²) in [4.78, 5) is 15.3. The van der Waals surface area contributed by atoms with Gasteiger partial charge in [-0.15, -0.1) is 0 Å². The first-order valence-electron chi connectivity index (χ1n) is 5.22. The number of amides is 1. The van der Waals surface area contributed by atoms with Crippen LogP contribution < -0.4 is 5.32 Å². The molecule has 1 aromatic rings. The molecule has 0 atom stereocenters. The minimum absolute atomic E-state index is 0.0334. The predicted molar refractivity (Wildman–Crippen MR) is 58.9 cm³/mol. The normalized spacial score (nSPS) is 11.3. The zero-order chi connectivity index (χ0) is 12.9. The van der Waals surface area contributed by atoms with Crippen LogP contribution in [0.5, 0.6) is 0 Å². The number of hydrogen-bond acceptors (Lipinski definition) is 4. The lowest BCUT2D eigenvalue weighted by molar-refractivity contribution is 0.0649. The quantitative estimate of drug-likeness (QED) is 0.683. The van der Waals surface area contributed by atoms with E-state index in [1.807, 2.05) is 0 Å². The molecular formula is C11H15FN2O3. The maximum Gasteiger partial charge on any atom is 0.270 e. The summed E-state index contributed by atoms with van der Waals surface area (Å²) in [5.74, 6) is -1.09. The van der Waals surface area contributed by atoms with Crippen LogP contribution in [0.3, 0.4) is 0 Å². The standard InChI is InChI=1S/C11H15FN2O3/c1-2-11(6-15,7-16)14-10(17)9-4-3-8(12)5-13-9/h3-5,15-16H,2,6-7H2,1H3,(H,14,17). The van der Waals surface area contributed by atoms with E-state index in [4.69, 9.17) is 10.2 Å². The minimum Gasteiger partial charge on any atom is -0.394 e. The van der Waals surface area contributed by atoms with Gasteiger partial charge in [-0.3, -0.25) is 4.79 Å². The number of rotatable bonds is 5. The van der Waals surface area contributed by atoms with Gasteiger partial charge >= 0.3 is 0 Å². The summed E-state index contributed by atoms with van der Waals surface area (Å²) in [5, 5.41) is 20.8. The van der Waals surface area contributed by atoms with E-state index in [-0.39, 0.29) is 18.9 Å². The fourth-order valence-corrected chi connectivity index (χ4v) is 1.26. The Kier molecular flexibility index (Phi) is 4.53. The fraction of sp³-hybridized carbons (Fsp3) is 0.455. The van der Waals surface area contributed by atoms with Crippen LogP contribution in [0.15, 0.2) is 18.3 Å². The minimum atomic E-state index is -1.08. The van der Waals surface area contributed by atoms with Crippen LogP contribution in [0.25, 0.3) is 0 Å². The molecule has 1 rings (SSSR count). The Hall–Kier alpha value is -1.53. The van der Waals surface area contributed by atoms with E-state index < -0.39 is 17.3 Å². The number of aromatic nitrogens is 1. The molecule has 6 heteroatoms. The van der Waals surface area contributed by atoms with Gasteiger partial charge in [0.15, 0.2) is 0 Å². The van der Waals surface area contributed by atoms with E-state index in [1.165, 1.54) is 6.07 Å². The second-order valence-electron chi connectivity index (χ2n) is 3.77. The first-order chi connectivity index (χ1) is 8.06. The molecule has 5 nitrogen and oxygen atoms in total. The molecule has 0 saturated carbocycles. The lowest BCUT2D eigenvalue weighted by atomic mass is 9.98. The highest BCUT2D eigenvalue weighted by atomic mass is 19.1. The molecule has 0 saturated heterocycles. The van der Waals surface area contributed by atoms with Crippen molar-refractivity contribution < 1.29 is 19.4 Å². The van der Waals surface area contributed by atoms with E-state index in [2.05, 4.69) is 10.3 Å². The Morgan fingerprint density at radius 1 is 1.47 bits per heavy atom. The summed E-state index contributed by atoms with van der Waals surface area (Å²) >= 11 is 0. The number of aliphatic hydroxyl groups excluding tert-OH is 2. The highest BCUT2D eigenvalue weighted by Gasteiger charge is 2.29. The molecule has 0 fully saturated rings. The fourth-order valence-electron chi connectivity index (χ4n) is 1.26. The second-order valence-corrected chi connectivity index (χ2v) is 3.77. The van der Waals surface area contributed by atoms with Crippen LogP contribution in [0.2, 0.25) is 0 Å². The van der Waals surface area contributed by atoms with Crippen molar-refractivity contribution in [3.63, 3.8) is 0 Å². The Morgan fingerprint density at radius 3 is 2.53 bits per heavy atom. The van der Waals surface area contributed by atoms with Crippen molar-refractivity contribution in [2.45, 2.75) is 18.9 Å². The van der Waals surface area contributed by atoms with Crippen molar-refractivity contribution in [3.8, 4) is 0 Å². The molecule has 3 N–H and O–H groups in total. The summed E-state index contributed by atoms with van der Waals surface area (Å²) in [6.07, 6.45) is 1.30. The Bertz CT molecular complexity index is 369. The van der Waals surface area contributed by atoms with Crippen molar-refractivity contribution >= 4 is 5.91 Å². The molecule has 0 aliphatic heterocycles. The first-order valence-corrected chi connectivity index (χ1v) is 5.22. The third-order valence-corrected chi connectivity index (χ3v) is 2.62.